The summed E-state index contributed by atoms with van der Waals surface area (Å²) in [5, 5.41) is 2.95. The molecule has 2 aromatic rings. The van der Waals surface area contributed by atoms with Crippen molar-refractivity contribution >= 4 is 11.6 Å². The van der Waals surface area contributed by atoms with Crippen molar-refractivity contribution in [2.45, 2.75) is 26.2 Å². The van der Waals surface area contributed by atoms with Crippen molar-refractivity contribution in [3.8, 4) is 11.5 Å². The van der Waals surface area contributed by atoms with E-state index in [1.165, 1.54) is 16.7 Å². The van der Waals surface area contributed by atoms with Gasteiger partial charge in [0.1, 0.15) is 0 Å². The van der Waals surface area contributed by atoms with Gasteiger partial charge in [0.25, 0.3) is 0 Å². The minimum Gasteiger partial charge on any atom is -0.454 e. The number of nitrogens with one attached hydrogen (secondary N) is 1. The highest BCUT2D eigenvalue weighted by Crippen LogP contribution is 2.45. The molecule has 0 spiro atoms. The molecule has 0 aliphatic carbocycles. The summed E-state index contributed by atoms with van der Waals surface area (Å²) in [6, 6.07) is 10.3. The molecule has 0 bridgehead atoms. The number of hydrogen-bond acceptors (Lipinski definition) is 3. The number of carbonyl (C=O) groups excluding carboxylic acids is 1. The molecule has 4 heteroatoms. The van der Waals surface area contributed by atoms with Gasteiger partial charge in [-0.15, -0.1) is 0 Å². The molecule has 2 aliphatic heterocycles. The first kappa shape index (κ1) is 13.2. The van der Waals surface area contributed by atoms with Crippen molar-refractivity contribution < 1.29 is 14.3 Å². The lowest BCUT2D eigenvalue weighted by Crippen LogP contribution is -2.24. The van der Waals surface area contributed by atoms with E-state index in [1.54, 1.807) is 0 Å². The van der Waals surface area contributed by atoms with Crippen molar-refractivity contribution in [3.63, 3.8) is 0 Å². The van der Waals surface area contributed by atoms with E-state index in [-0.39, 0.29) is 18.6 Å². The molecule has 0 unspecified atom stereocenters. The summed E-state index contributed by atoms with van der Waals surface area (Å²) in [6.07, 6.45) is 0.455. The quantitative estimate of drug-likeness (QED) is 0.876. The summed E-state index contributed by atoms with van der Waals surface area (Å²) in [5.74, 6) is 1.54. The first-order valence-corrected chi connectivity index (χ1v) is 7.42. The molecule has 0 radical (unpaired) electrons. The van der Waals surface area contributed by atoms with Crippen molar-refractivity contribution in [1.82, 2.24) is 0 Å². The standard InChI is InChI=1S/C18H17NO3/c1-10-3-4-11(2)12(5-10)13-7-18(20)19-15-8-17-16(6-14(13)15)21-9-22-17/h3-6,8,13H,7,9H2,1-2H3,(H,19,20)/t13-/m0/s1. The fourth-order valence-electron chi connectivity index (χ4n) is 3.26. The molecule has 2 aliphatic rings. The Labute approximate surface area is 129 Å². The minimum absolute atomic E-state index is 0.0391. The van der Waals surface area contributed by atoms with Gasteiger partial charge in [-0.3, -0.25) is 4.79 Å². The minimum atomic E-state index is 0.0391. The monoisotopic (exact) mass is 295 g/mol. The van der Waals surface area contributed by atoms with Gasteiger partial charge in [0.2, 0.25) is 12.7 Å². The number of carbonyl (C=O) groups is 1. The van der Waals surface area contributed by atoms with Gasteiger partial charge in [-0.1, -0.05) is 23.8 Å². The fourth-order valence-corrected chi connectivity index (χ4v) is 3.26. The van der Waals surface area contributed by atoms with Gasteiger partial charge in [0.05, 0.1) is 0 Å². The lowest BCUT2D eigenvalue weighted by atomic mass is 9.82. The van der Waals surface area contributed by atoms with E-state index in [4.69, 9.17) is 9.47 Å². The maximum Gasteiger partial charge on any atom is 0.231 e. The topological polar surface area (TPSA) is 47.6 Å². The number of amides is 1. The average molecular weight is 295 g/mol. The predicted molar refractivity (Wildman–Crippen MR) is 83.6 cm³/mol. The Balaban J connectivity index is 1.88. The molecule has 0 saturated carbocycles. The van der Waals surface area contributed by atoms with E-state index in [0.29, 0.717) is 12.2 Å². The van der Waals surface area contributed by atoms with Gasteiger partial charge in [0, 0.05) is 24.1 Å². The van der Waals surface area contributed by atoms with E-state index >= 15 is 0 Å². The third-order valence-corrected chi connectivity index (χ3v) is 4.39. The molecule has 2 aromatic carbocycles. The number of benzene rings is 2. The molecular formula is C18H17NO3. The number of ether oxygens (including phenoxy) is 2. The van der Waals surface area contributed by atoms with Crippen LogP contribution in [0.15, 0.2) is 30.3 Å². The van der Waals surface area contributed by atoms with E-state index in [1.807, 2.05) is 12.1 Å². The lowest BCUT2D eigenvalue weighted by molar-refractivity contribution is -0.116. The van der Waals surface area contributed by atoms with Crippen LogP contribution in [0.5, 0.6) is 11.5 Å². The first-order chi connectivity index (χ1) is 10.6. The van der Waals surface area contributed by atoms with Crippen LogP contribution < -0.4 is 14.8 Å². The molecule has 1 amide bonds. The molecule has 0 fully saturated rings. The van der Waals surface area contributed by atoms with Crippen LogP contribution in [0.3, 0.4) is 0 Å². The number of aryl methyl sites for hydroxylation is 2. The Bertz CT molecular complexity index is 782. The number of rotatable bonds is 1. The van der Waals surface area contributed by atoms with Gasteiger partial charge >= 0.3 is 0 Å². The van der Waals surface area contributed by atoms with Crippen LogP contribution in [0.25, 0.3) is 0 Å². The molecule has 1 atom stereocenters. The molecule has 22 heavy (non-hydrogen) atoms. The normalized spacial score (nSPS) is 18.8. The van der Waals surface area contributed by atoms with E-state index < -0.39 is 0 Å². The maximum absolute atomic E-state index is 12.1. The summed E-state index contributed by atoms with van der Waals surface area (Å²) < 4.78 is 10.9. The molecule has 112 valence electrons. The third-order valence-electron chi connectivity index (χ3n) is 4.39. The highest BCUT2D eigenvalue weighted by molar-refractivity contribution is 5.96. The summed E-state index contributed by atoms with van der Waals surface area (Å²) in [6.45, 7) is 4.40. The average Bonchev–Trinajstić information content (AvgIpc) is 2.94. The number of fused-ring (bicyclic) bond motifs is 2. The van der Waals surface area contributed by atoms with Crippen LogP contribution >= 0.6 is 0 Å². The van der Waals surface area contributed by atoms with Gasteiger partial charge in [-0.05, 0) is 36.6 Å². The zero-order valence-electron chi connectivity index (χ0n) is 12.6. The first-order valence-electron chi connectivity index (χ1n) is 7.42. The summed E-state index contributed by atoms with van der Waals surface area (Å²) in [4.78, 5) is 12.1. The zero-order valence-corrected chi connectivity index (χ0v) is 12.6. The Hall–Kier alpha value is -2.49. The summed E-state index contributed by atoms with van der Waals surface area (Å²) in [7, 11) is 0. The second-order valence-corrected chi connectivity index (χ2v) is 5.96. The molecule has 0 aromatic heterocycles. The van der Waals surface area contributed by atoms with Gasteiger partial charge in [0.15, 0.2) is 11.5 Å². The van der Waals surface area contributed by atoms with Crippen LogP contribution in [-0.4, -0.2) is 12.7 Å². The van der Waals surface area contributed by atoms with Crippen LogP contribution in [0.4, 0.5) is 5.69 Å². The molecule has 4 rings (SSSR count). The van der Waals surface area contributed by atoms with Crippen molar-refractivity contribution in [1.29, 1.82) is 0 Å². The second kappa shape index (κ2) is 4.77. The predicted octanol–water partition coefficient (Wildman–Crippen LogP) is 3.51. The van der Waals surface area contributed by atoms with Crippen molar-refractivity contribution in [2.24, 2.45) is 0 Å². The SMILES string of the molecule is Cc1ccc(C)c([C@@H]2CC(=O)Nc3cc4c(cc32)OCO4)c1. The largest absolute Gasteiger partial charge is 0.454 e. The van der Waals surface area contributed by atoms with Gasteiger partial charge in [-0.2, -0.15) is 0 Å². The third kappa shape index (κ3) is 2.03. The Morgan fingerprint density at radius 2 is 1.82 bits per heavy atom. The highest BCUT2D eigenvalue weighted by Gasteiger charge is 2.30. The van der Waals surface area contributed by atoms with Gasteiger partial charge in [-0.25, -0.2) is 0 Å². The lowest BCUT2D eigenvalue weighted by Gasteiger charge is -2.27. The fraction of sp³-hybridized carbons (Fsp3) is 0.278. The summed E-state index contributed by atoms with van der Waals surface area (Å²) in [5.41, 5.74) is 5.53. The molecular weight excluding hydrogens is 278 g/mol. The van der Waals surface area contributed by atoms with Crippen LogP contribution in [-0.2, 0) is 4.79 Å². The van der Waals surface area contributed by atoms with E-state index in [2.05, 4.69) is 37.4 Å². The molecule has 4 nitrogen and oxygen atoms in total. The Kier molecular flexibility index (Phi) is 2.86. The molecule has 2 heterocycles. The van der Waals surface area contributed by atoms with E-state index in [9.17, 15) is 4.79 Å². The Morgan fingerprint density at radius 1 is 1.05 bits per heavy atom. The maximum atomic E-state index is 12.1. The van der Waals surface area contributed by atoms with E-state index in [0.717, 1.165) is 17.0 Å². The second-order valence-electron chi connectivity index (χ2n) is 5.96. The van der Waals surface area contributed by atoms with Crippen molar-refractivity contribution in [3.05, 3.63) is 52.6 Å². The number of hydrogen-bond donors (Lipinski definition) is 1. The highest BCUT2D eigenvalue weighted by atomic mass is 16.7. The smallest absolute Gasteiger partial charge is 0.231 e. The van der Waals surface area contributed by atoms with Gasteiger partial charge < -0.3 is 14.8 Å². The number of anilines is 1. The van der Waals surface area contributed by atoms with Crippen molar-refractivity contribution in [2.75, 3.05) is 12.1 Å². The van der Waals surface area contributed by atoms with Crippen LogP contribution in [0, 0.1) is 13.8 Å². The molecule has 0 saturated heterocycles. The summed E-state index contributed by atoms with van der Waals surface area (Å²) >= 11 is 0. The zero-order chi connectivity index (χ0) is 15.3. The van der Waals surface area contributed by atoms with Crippen LogP contribution in [0.2, 0.25) is 0 Å². The molecule has 1 N–H and O–H groups in total. The Morgan fingerprint density at radius 3 is 2.64 bits per heavy atom. The van der Waals surface area contributed by atoms with Crippen LogP contribution in [0.1, 0.15) is 34.6 Å².